The number of hydrogen-bond donors (Lipinski definition) is 0. The van der Waals surface area contributed by atoms with E-state index in [1.54, 1.807) is 18.2 Å². The summed E-state index contributed by atoms with van der Waals surface area (Å²) in [7, 11) is 0. The smallest absolute Gasteiger partial charge is 0.429 e. The summed E-state index contributed by atoms with van der Waals surface area (Å²) < 4.78 is 47.9. The van der Waals surface area contributed by atoms with Crippen molar-refractivity contribution in [2.45, 2.75) is 51.6 Å². The molecule has 1 aliphatic rings. The van der Waals surface area contributed by atoms with Crippen molar-refractivity contribution in [3.8, 4) is 5.75 Å². The maximum Gasteiger partial charge on any atom is 0.429 e. The first-order valence-electron chi connectivity index (χ1n) is 8.60. The lowest BCUT2D eigenvalue weighted by Gasteiger charge is -2.26. The molecule has 0 aliphatic heterocycles. The molecule has 1 radical (unpaired) electrons. The zero-order chi connectivity index (χ0) is 18.0. The van der Waals surface area contributed by atoms with Crippen LogP contribution in [0, 0.1) is 18.7 Å². The molecule has 3 rings (SSSR count). The molecule has 2 aromatic rings. The molecule has 1 nitrogen and oxygen atoms in total. The number of ether oxygens (including phenoxy) is 1. The zero-order valence-corrected chi connectivity index (χ0v) is 14.5. The third-order valence-electron chi connectivity index (χ3n) is 4.88. The number of alkyl halides is 2. The van der Waals surface area contributed by atoms with Crippen LogP contribution in [0.4, 0.5) is 13.2 Å². The van der Waals surface area contributed by atoms with Crippen LogP contribution in [0.15, 0.2) is 42.5 Å². The fraction of sp³-hybridized carbons (Fsp3) is 0.381. The van der Waals surface area contributed by atoms with Gasteiger partial charge in [-0.3, -0.25) is 0 Å². The Labute approximate surface area is 146 Å². The Morgan fingerprint density at radius 2 is 1.60 bits per heavy atom. The summed E-state index contributed by atoms with van der Waals surface area (Å²) in [6.45, 7) is 3.98. The molecule has 0 bridgehead atoms. The first-order chi connectivity index (χ1) is 11.8. The quantitative estimate of drug-likeness (QED) is 0.612. The molecule has 1 fully saturated rings. The molecule has 4 heteroatoms. The van der Waals surface area contributed by atoms with Gasteiger partial charge in [-0.2, -0.15) is 8.78 Å². The van der Waals surface area contributed by atoms with Crippen molar-refractivity contribution in [3.05, 3.63) is 70.9 Å². The highest BCUT2D eigenvalue weighted by molar-refractivity contribution is 5.32. The van der Waals surface area contributed by atoms with Crippen LogP contribution in [0.25, 0.3) is 0 Å². The summed E-state index contributed by atoms with van der Waals surface area (Å²) in [6.07, 6.45) is 0.206. The normalized spacial score (nSPS) is 16.8. The van der Waals surface area contributed by atoms with Gasteiger partial charge in [0.05, 0.1) is 5.56 Å². The van der Waals surface area contributed by atoms with Crippen molar-refractivity contribution in [1.82, 2.24) is 0 Å². The molecular formula is C21H22F3O. The standard InChI is InChI=1S/C21H22F3O/c1-14-3-7-16(8-4-14)17-9-12-19(20(22)13-17)21(23,24)25-18-10-5-15(2)6-11-18/h5-6,9-13,16H,3-4,7-8H2,1-2H3. The number of hydrogen-bond acceptors (Lipinski definition) is 1. The Morgan fingerprint density at radius 1 is 0.960 bits per heavy atom. The Morgan fingerprint density at radius 3 is 2.20 bits per heavy atom. The molecular weight excluding hydrogens is 325 g/mol. The van der Waals surface area contributed by atoms with E-state index in [9.17, 15) is 13.2 Å². The highest BCUT2D eigenvalue weighted by atomic mass is 19.3. The summed E-state index contributed by atoms with van der Waals surface area (Å²) in [4.78, 5) is 0. The van der Waals surface area contributed by atoms with Gasteiger partial charge >= 0.3 is 6.11 Å². The van der Waals surface area contributed by atoms with Gasteiger partial charge in [-0.15, -0.1) is 0 Å². The molecule has 2 aromatic carbocycles. The van der Waals surface area contributed by atoms with Crippen molar-refractivity contribution in [2.24, 2.45) is 0 Å². The van der Waals surface area contributed by atoms with Crippen molar-refractivity contribution >= 4 is 0 Å². The number of halogens is 3. The van der Waals surface area contributed by atoms with E-state index in [1.165, 1.54) is 24.1 Å². The fourth-order valence-electron chi connectivity index (χ4n) is 3.27. The van der Waals surface area contributed by atoms with Crippen molar-refractivity contribution in [2.75, 3.05) is 0 Å². The zero-order valence-electron chi connectivity index (χ0n) is 14.5. The van der Waals surface area contributed by atoms with Crippen LogP contribution in [0.2, 0.25) is 0 Å². The molecule has 133 valence electrons. The van der Waals surface area contributed by atoms with Gasteiger partial charge in [0.25, 0.3) is 0 Å². The monoisotopic (exact) mass is 347 g/mol. The first kappa shape index (κ1) is 17.8. The van der Waals surface area contributed by atoms with Crippen LogP contribution in [-0.4, -0.2) is 0 Å². The second-order valence-electron chi connectivity index (χ2n) is 6.90. The Kier molecular flexibility index (Phi) is 5.07. The molecule has 0 saturated heterocycles. The van der Waals surface area contributed by atoms with E-state index in [2.05, 4.69) is 6.92 Å². The van der Waals surface area contributed by atoms with E-state index >= 15 is 0 Å². The summed E-state index contributed by atoms with van der Waals surface area (Å²) in [5, 5.41) is 0. The van der Waals surface area contributed by atoms with E-state index in [4.69, 9.17) is 4.74 Å². The van der Waals surface area contributed by atoms with E-state index < -0.39 is 17.5 Å². The van der Waals surface area contributed by atoms with E-state index in [0.717, 1.165) is 42.9 Å². The molecule has 0 spiro atoms. The lowest BCUT2D eigenvalue weighted by molar-refractivity contribution is -0.187. The summed E-state index contributed by atoms with van der Waals surface area (Å²) in [5.74, 6) is 0.781. The largest absolute Gasteiger partial charge is 0.429 e. The summed E-state index contributed by atoms with van der Waals surface area (Å²) >= 11 is 0. The summed E-state index contributed by atoms with van der Waals surface area (Å²) in [5.41, 5.74) is 1.00. The highest BCUT2D eigenvalue weighted by Crippen LogP contribution is 2.39. The van der Waals surface area contributed by atoms with E-state index in [0.29, 0.717) is 0 Å². The third kappa shape index (κ3) is 4.17. The molecule has 25 heavy (non-hydrogen) atoms. The first-order valence-corrected chi connectivity index (χ1v) is 8.60. The predicted octanol–water partition coefficient (Wildman–Crippen LogP) is 6.51. The molecule has 0 aromatic heterocycles. The minimum absolute atomic E-state index is 0.0115. The topological polar surface area (TPSA) is 9.23 Å². The van der Waals surface area contributed by atoms with Gasteiger partial charge in [-0.1, -0.05) is 30.7 Å². The van der Waals surface area contributed by atoms with Gasteiger partial charge in [-0.25, -0.2) is 4.39 Å². The fourth-order valence-corrected chi connectivity index (χ4v) is 3.27. The van der Waals surface area contributed by atoms with Crippen LogP contribution in [0.1, 0.15) is 55.2 Å². The van der Waals surface area contributed by atoms with Crippen LogP contribution < -0.4 is 4.74 Å². The van der Waals surface area contributed by atoms with Gasteiger partial charge in [0.2, 0.25) is 0 Å². The van der Waals surface area contributed by atoms with Crippen LogP contribution in [-0.2, 0) is 6.11 Å². The maximum absolute atomic E-state index is 14.4. The second-order valence-corrected chi connectivity index (χ2v) is 6.90. The molecule has 1 saturated carbocycles. The Hall–Kier alpha value is -1.97. The number of aryl methyl sites for hydroxylation is 1. The van der Waals surface area contributed by atoms with Crippen molar-refractivity contribution in [1.29, 1.82) is 0 Å². The van der Waals surface area contributed by atoms with E-state index in [1.807, 2.05) is 6.92 Å². The van der Waals surface area contributed by atoms with Gasteiger partial charge in [-0.05, 0) is 74.3 Å². The van der Waals surface area contributed by atoms with Crippen LogP contribution in [0.5, 0.6) is 5.75 Å². The highest BCUT2D eigenvalue weighted by Gasteiger charge is 2.38. The minimum Gasteiger partial charge on any atom is -0.429 e. The molecule has 1 aliphatic carbocycles. The molecule has 0 amide bonds. The van der Waals surface area contributed by atoms with Gasteiger partial charge < -0.3 is 4.74 Å². The molecule has 0 unspecified atom stereocenters. The van der Waals surface area contributed by atoms with Crippen LogP contribution >= 0.6 is 0 Å². The number of benzene rings is 2. The van der Waals surface area contributed by atoms with Crippen molar-refractivity contribution < 1.29 is 17.9 Å². The van der Waals surface area contributed by atoms with Gasteiger partial charge in [0.15, 0.2) is 0 Å². The molecule has 0 atom stereocenters. The van der Waals surface area contributed by atoms with E-state index in [-0.39, 0.29) is 11.7 Å². The van der Waals surface area contributed by atoms with Crippen LogP contribution in [0.3, 0.4) is 0 Å². The SMILES string of the molecule is C[C]1CCC(c2ccc(C(F)(F)Oc3ccc(C)cc3)c(F)c2)CC1. The average molecular weight is 347 g/mol. The molecule has 0 N–H and O–H groups in total. The van der Waals surface area contributed by atoms with Crippen molar-refractivity contribution in [3.63, 3.8) is 0 Å². The lowest BCUT2D eigenvalue weighted by atomic mass is 9.79. The summed E-state index contributed by atoms with van der Waals surface area (Å²) in [6, 6.07) is 10.3. The minimum atomic E-state index is -3.71. The average Bonchev–Trinajstić information content (AvgIpc) is 2.57. The number of rotatable bonds is 4. The Bertz CT molecular complexity index is 716. The maximum atomic E-state index is 14.4. The van der Waals surface area contributed by atoms with Gasteiger partial charge in [0.1, 0.15) is 11.6 Å². The third-order valence-corrected chi connectivity index (χ3v) is 4.88. The van der Waals surface area contributed by atoms with Gasteiger partial charge in [0, 0.05) is 0 Å². The second kappa shape index (κ2) is 7.11. The molecule has 0 heterocycles. The Balaban J connectivity index is 1.78. The predicted molar refractivity (Wildman–Crippen MR) is 92.2 cm³/mol. The lowest BCUT2D eigenvalue weighted by Crippen LogP contribution is -2.23.